The lowest BCUT2D eigenvalue weighted by Crippen LogP contribution is -2.28. The molecule has 1 N–H and O–H groups in total. The van der Waals surface area contributed by atoms with Gasteiger partial charge in [0.25, 0.3) is 0 Å². The molecule has 0 heterocycles. The van der Waals surface area contributed by atoms with Crippen molar-refractivity contribution in [2.24, 2.45) is 0 Å². The van der Waals surface area contributed by atoms with E-state index < -0.39 is 23.1 Å². The van der Waals surface area contributed by atoms with Crippen LogP contribution in [-0.4, -0.2) is 5.11 Å². The Hall–Kier alpha value is -1.81. The molecule has 0 saturated carbocycles. The lowest BCUT2D eigenvalue weighted by molar-refractivity contribution is 0.0714. The van der Waals surface area contributed by atoms with Crippen molar-refractivity contribution in [1.29, 1.82) is 0 Å². The molecule has 0 saturated heterocycles. The average molecular weight is 266 g/mol. The van der Waals surface area contributed by atoms with Crippen LogP contribution in [0.1, 0.15) is 24.5 Å². The summed E-state index contributed by atoms with van der Waals surface area (Å²) in [4.78, 5) is 0. The minimum absolute atomic E-state index is 0.0941. The Labute approximate surface area is 109 Å². The van der Waals surface area contributed by atoms with E-state index in [0.717, 1.165) is 12.1 Å². The van der Waals surface area contributed by atoms with Crippen LogP contribution in [-0.2, 0) is 5.60 Å². The van der Waals surface area contributed by atoms with E-state index in [1.807, 2.05) is 0 Å². The molecule has 1 atom stereocenters. The smallest absolute Gasteiger partial charge is 0.165 e. The van der Waals surface area contributed by atoms with Crippen molar-refractivity contribution >= 4 is 0 Å². The van der Waals surface area contributed by atoms with Gasteiger partial charge in [0.15, 0.2) is 11.6 Å². The highest BCUT2D eigenvalue weighted by Gasteiger charge is 2.33. The number of benzene rings is 2. The first kappa shape index (κ1) is 13.6. The summed E-state index contributed by atoms with van der Waals surface area (Å²) < 4.78 is 40.4. The van der Waals surface area contributed by atoms with E-state index in [1.165, 1.54) is 30.3 Å². The van der Waals surface area contributed by atoms with Crippen LogP contribution < -0.4 is 0 Å². The molecule has 19 heavy (non-hydrogen) atoms. The van der Waals surface area contributed by atoms with E-state index in [1.54, 1.807) is 6.92 Å². The van der Waals surface area contributed by atoms with Crippen molar-refractivity contribution in [3.63, 3.8) is 0 Å². The SMILES string of the molecule is CCC(O)(c1cccc(F)c1)c1cccc(F)c1F. The van der Waals surface area contributed by atoms with Crippen LogP contribution in [0.25, 0.3) is 0 Å². The predicted octanol–water partition coefficient (Wildman–Crippen LogP) is 3.75. The number of hydrogen-bond acceptors (Lipinski definition) is 1. The fourth-order valence-corrected chi connectivity index (χ4v) is 2.12. The lowest BCUT2D eigenvalue weighted by Gasteiger charge is -2.28. The molecule has 0 aliphatic heterocycles. The zero-order chi connectivity index (χ0) is 14.0. The lowest BCUT2D eigenvalue weighted by atomic mass is 9.84. The summed E-state index contributed by atoms with van der Waals surface area (Å²) in [7, 11) is 0. The first-order valence-electron chi connectivity index (χ1n) is 5.92. The molecule has 1 nitrogen and oxygen atoms in total. The molecule has 2 aromatic rings. The molecule has 0 spiro atoms. The van der Waals surface area contributed by atoms with Crippen molar-refractivity contribution in [3.05, 3.63) is 71.0 Å². The van der Waals surface area contributed by atoms with Gasteiger partial charge in [0.2, 0.25) is 0 Å². The summed E-state index contributed by atoms with van der Waals surface area (Å²) in [5.74, 6) is -2.70. The van der Waals surface area contributed by atoms with E-state index in [0.29, 0.717) is 0 Å². The van der Waals surface area contributed by atoms with E-state index >= 15 is 0 Å². The Morgan fingerprint density at radius 1 is 1.05 bits per heavy atom. The van der Waals surface area contributed by atoms with Gasteiger partial charge in [-0.05, 0) is 30.2 Å². The van der Waals surface area contributed by atoms with E-state index in [-0.39, 0.29) is 17.5 Å². The van der Waals surface area contributed by atoms with Crippen LogP contribution >= 0.6 is 0 Å². The molecular weight excluding hydrogens is 253 g/mol. The maximum Gasteiger partial charge on any atom is 0.165 e. The van der Waals surface area contributed by atoms with Gasteiger partial charge in [0.1, 0.15) is 11.4 Å². The molecular formula is C15H13F3O. The van der Waals surface area contributed by atoms with Gasteiger partial charge in [-0.1, -0.05) is 31.2 Å². The summed E-state index contributed by atoms with van der Waals surface area (Å²) in [5.41, 5.74) is -1.76. The van der Waals surface area contributed by atoms with Gasteiger partial charge in [-0.3, -0.25) is 0 Å². The molecule has 0 aliphatic rings. The monoisotopic (exact) mass is 266 g/mol. The summed E-state index contributed by atoms with van der Waals surface area (Å²) in [6, 6.07) is 8.83. The highest BCUT2D eigenvalue weighted by atomic mass is 19.2. The number of hydrogen-bond donors (Lipinski definition) is 1. The molecule has 0 bridgehead atoms. The second-order valence-corrected chi connectivity index (χ2v) is 4.33. The van der Waals surface area contributed by atoms with Crippen LogP contribution in [0.3, 0.4) is 0 Å². The second-order valence-electron chi connectivity index (χ2n) is 4.33. The van der Waals surface area contributed by atoms with Gasteiger partial charge in [-0.25, -0.2) is 13.2 Å². The van der Waals surface area contributed by atoms with Crippen LogP contribution in [0.15, 0.2) is 42.5 Å². The van der Waals surface area contributed by atoms with Gasteiger partial charge in [-0.15, -0.1) is 0 Å². The van der Waals surface area contributed by atoms with Crippen LogP contribution in [0.2, 0.25) is 0 Å². The molecule has 0 radical (unpaired) electrons. The molecule has 0 aromatic heterocycles. The number of halogens is 3. The maximum atomic E-state index is 13.8. The zero-order valence-corrected chi connectivity index (χ0v) is 10.3. The van der Waals surface area contributed by atoms with Gasteiger partial charge in [0, 0.05) is 5.56 Å². The quantitative estimate of drug-likeness (QED) is 0.897. The van der Waals surface area contributed by atoms with E-state index in [2.05, 4.69) is 0 Å². The van der Waals surface area contributed by atoms with Crippen molar-refractivity contribution in [3.8, 4) is 0 Å². The molecule has 0 fully saturated rings. The minimum Gasteiger partial charge on any atom is -0.380 e. The second kappa shape index (κ2) is 5.05. The first-order chi connectivity index (χ1) is 8.99. The molecule has 0 aliphatic carbocycles. The predicted molar refractivity (Wildman–Crippen MR) is 66.0 cm³/mol. The largest absolute Gasteiger partial charge is 0.380 e. The number of rotatable bonds is 3. The minimum atomic E-state index is -1.76. The Morgan fingerprint density at radius 2 is 1.74 bits per heavy atom. The Morgan fingerprint density at radius 3 is 2.37 bits per heavy atom. The highest BCUT2D eigenvalue weighted by molar-refractivity contribution is 5.37. The summed E-state index contributed by atoms with van der Waals surface area (Å²) in [6.07, 6.45) is 0.0941. The summed E-state index contributed by atoms with van der Waals surface area (Å²) >= 11 is 0. The Balaban J connectivity index is 2.63. The molecule has 2 aromatic carbocycles. The summed E-state index contributed by atoms with van der Waals surface area (Å²) in [6.45, 7) is 1.62. The van der Waals surface area contributed by atoms with Crippen LogP contribution in [0, 0.1) is 17.5 Å². The van der Waals surface area contributed by atoms with E-state index in [4.69, 9.17) is 0 Å². The van der Waals surface area contributed by atoms with Gasteiger partial charge >= 0.3 is 0 Å². The Bertz CT molecular complexity index is 598. The van der Waals surface area contributed by atoms with Crippen molar-refractivity contribution in [1.82, 2.24) is 0 Å². The first-order valence-corrected chi connectivity index (χ1v) is 5.92. The van der Waals surface area contributed by atoms with Crippen LogP contribution in [0.5, 0.6) is 0 Å². The standard InChI is InChI=1S/C15H13F3O/c1-2-15(19,10-5-3-6-11(16)9-10)12-7-4-8-13(17)14(12)18/h3-9,19H,2H2,1H3. The van der Waals surface area contributed by atoms with Gasteiger partial charge in [0.05, 0.1) is 0 Å². The molecule has 0 amide bonds. The van der Waals surface area contributed by atoms with Crippen molar-refractivity contribution in [2.75, 3.05) is 0 Å². The fraction of sp³-hybridized carbons (Fsp3) is 0.200. The van der Waals surface area contributed by atoms with Crippen LogP contribution in [0.4, 0.5) is 13.2 Å². The van der Waals surface area contributed by atoms with Crippen molar-refractivity contribution < 1.29 is 18.3 Å². The fourth-order valence-electron chi connectivity index (χ4n) is 2.12. The third-order valence-corrected chi connectivity index (χ3v) is 3.21. The zero-order valence-electron chi connectivity index (χ0n) is 10.3. The van der Waals surface area contributed by atoms with Gasteiger partial charge in [-0.2, -0.15) is 0 Å². The third-order valence-electron chi connectivity index (χ3n) is 3.21. The topological polar surface area (TPSA) is 20.2 Å². The highest BCUT2D eigenvalue weighted by Crippen LogP contribution is 2.35. The molecule has 4 heteroatoms. The molecule has 1 unspecified atom stereocenters. The number of aliphatic hydroxyl groups is 1. The van der Waals surface area contributed by atoms with Gasteiger partial charge < -0.3 is 5.11 Å². The Kier molecular flexibility index (Phi) is 3.62. The van der Waals surface area contributed by atoms with Crippen molar-refractivity contribution in [2.45, 2.75) is 18.9 Å². The normalized spacial score (nSPS) is 14.2. The molecule has 2 rings (SSSR count). The molecule has 100 valence electrons. The third kappa shape index (κ3) is 2.36. The van der Waals surface area contributed by atoms with E-state index in [9.17, 15) is 18.3 Å². The summed E-state index contributed by atoms with van der Waals surface area (Å²) in [5, 5.41) is 10.6. The maximum absolute atomic E-state index is 13.8. The average Bonchev–Trinajstić information content (AvgIpc) is 2.41.